The lowest BCUT2D eigenvalue weighted by atomic mass is 10.2. The Kier molecular flexibility index (Phi) is 4.78. The summed E-state index contributed by atoms with van der Waals surface area (Å²) in [6.07, 6.45) is -0.285. The predicted octanol–water partition coefficient (Wildman–Crippen LogP) is 4.83. The highest BCUT2D eigenvalue weighted by molar-refractivity contribution is 7.99. The average molecular weight is 388 g/mol. The van der Waals surface area contributed by atoms with E-state index in [1.165, 1.54) is 0 Å². The number of benzene rings is 2. The van der Waals surface area contributed by atoms with Crippen molar-refractivity contribution in [2.24, 2.45) is 7.05 Å². The molecule has 26 heavy (non-hydrogen) atoms. The highest BCUT2D eigenvalue weighted by atomic mass is 35.5. The SMILES string of the molecule is CC(Sc1nnc(C2COc3ccccc3O2)n1C)c1ccccc1Cl. The van der Waals surface area contributed by atoms with Gasteiger partial charge in [0.1, 0.15) is 6.61 Å². The molecule has 1 aliphatic heterocycles. The maximum atomic E-state index is 6.31. The third-order valence-corrected chi connectivity index (χ3v) is 5.81. The number of hydrogen-bond donors (Lipinski definition) is 0. The molecule has 1 aromatic heterocycles. The molecule has 2 heterocycles. The van der Waals surface area contributed by atoms with Crippen molar-refractivity contribution >= 4 is 23.4 Å². The normalized spacial score (nSPS) is 17.1. The lowest BCUT2D eigenvalue weighted by Gasteiger charge is -2.25. The molecule has 0 spiro atoms. The smallest absolute Gasteiger partial charge is 0.192 e. The molecular weight excluding hydrogens is 370 g/mol. The summed E-state index contributed by atoms with van der Waals surface area (Å²) in [6.45, 7) is 2.52. The van der Waals surface area contributed by atoms with Crippen LogP contribution in [-0.4, -0.2) is 21.4 Å². The van der Waals surface area contributed by atoms with Gasteiger partial charge in [0.2, 0.25) is 0 Å². The summed E-state index contributed by atoms with van der Waals surface area (Å²) in [5.74, 6) is 2.23. The lowest BCUT2D eigenvalue weighted by Crippen LogP contribution is -2.24. The van der Waals surface area contributed by atoms with Crippen molar-refractivity contribution in [1.82, 2.24) is 14.8 Å². The van der Waals surface area contributed by atoms with Gasteiger partial charge in [-0.25, -0.2) is 0 Å². The molecule has 0 fully saturated rings. The number of thioether (sulfide) groups is 1. The first kappa shape index (κ1) is 17.2. The number of hydrogen-bond acceptors (Lipinski definition) is 5. The van der Waals surface area contributed by atoms with Gasteiger partial charge in [-0.1, -0.05) is 53.7 Å². The number of rotatable bonds is 4. The minimum atomic E-state index is -0.285. The zero-order valence-corrected chi connectivity index (χ0v) is 16.0. The van der Waals surface area contributed by atoms with Crippen LogP contribution in [0, 0.1) is 0 Å². The van der Waals surface area contributed by atoms with Crippen LogP contribution in [0.25, 0.3) is 0 Å². The minimum absolute atomic E-state index is 0.156. The first-order chi connectivity index (χ1) is 12.6. The molecule has 7 heteroatoms. The molecule has 3 aromatic rings. The zero-order valence-electron chi connectivity index (χ0n) is 14.4. The molecule has 134 valence electrons. The molecule has 0 bridgehead atoms. The summed E-state index contributed by atoms with van der Waals surface area (Å²) in [6, 6.07) is 15.5. The topological polar surface area (TPSA) is 49.2 Å². The van der Waals surface area contributed by atoms with E-state index in [2.05, 4.69) is 17.1 Å². The van der Waals surface area contributed by atoms with Gasteiger partial charge in [-0.15, -0.1) is 10.2 Å². The summed E-state index contributed by atoms with van der Waals surface area (Å²) in [4.78, 5) is 0. The van der Waals surface area contributed by atoms with Gasteiger partial charge in [-0.2, -0.15) is 0 Å². The second-order valence-electron chi connectivity index (χ2n) is 6.05. The quantitative estimate of drug-likeness (QED) is 0.600. The van der Waals surface area contributed by atoms with Crippen LogP contribution in [0.5, 0.6) is 11.5 Å². The van der Waals surface area contributed by atoms with E-state index in [9.17, 15) is 0 Å². The van der Waals surface area contributed by atoms with E-state index in [1.807, 2.05) is 60.1 Å². The van der Waals surface area contributed by atoms with Gasteiger partial charge >= 0.3 is 0 Å². The van der Waals surface area contributed by atoms with E-state index in [0.717, 1.165) is 33.1 Å². The fourth-order valence-electron chi connectivity index (χ4n) is 2.88. The fraction of sp³-hybridized carbons (Fsp3) is 0.263. The predicted molar refractivity (Wildman–Crippen MR) is 102 cm³/mol. The van der Waals surface area contributed by atoms with Gasteiger partial charge < -0.3 is 14.0 Å². The molecule has 0 saturated heterocycles. The molecule has 5 nitrogen and oxygen atoms in total. The molecule has 0 radical (unpaired) electrons. The van der Waals surface area contributed by atoms with Crippen LogP contribution >= 0.6 is 23.4 Å². The van der Waals surface area contributed by atoms with Crippen LogP contribution in [-0.2, 0) is 7.05 Å². The van der Waals surface area contributed by atoms with Crippen molar-refractivity contribution < 1.29 is 9.47 Å². The standard InChI is InChI=1S/C19H18ClN3O2S/c1-12(13-7-3-4-8-14(13)20)26-19-22-21-18(23(19)2)17-11-24-15-9-5-6-10-16(15)25-17/h3-10,12,17H,11H2,1-2H3. The highest BCUT2D eigenvalue weighted by Gasteiger charge is 2.28. The Bertz CT molecular complexity index is 931. The molecule has 2 aromatic carbocycles. The summed E-state index contributed by atoms with van der Waals surface area (Å²) in [7, 11) is 1.95. The summed E-state index contributed by atoms with van der Waals surface area (Å²) in [5, 5.41) is 10.4. The van der Waals surface area contributed by atoms with Crippen LogP contribution in [0.4, 0.5) is 0 Å². The van der Waals surface area contributed by atoms with Gasteiger partial charge in [0.15, 0.2) is 28.6 Å². The minimum Gasteiger partial charge on any atom is -0.485 e. The number of fused-ring (bicyclic) bond motifs is 1. The lowest BCUT2D eigenvalue weighted by molar-refractivity contribution is 0.0825. The second-order valence-corrected chi connectivity index (χ2v) is 7.76. The number of nitrogens with zero attached hydrogens (tertiary/aromatic N) is 3. The van der Waals surface area contributed by atoms with Crippen LogP contribution in [0.1, 0.15) is 29.7 Å². The molecule has 0 N–H and O–H groups in total. The Morgan fingerprint density at radius 3 is 2.65 bits per heavy atom. The Labute approximate surface area is 161 Å². The number of halogens is 1. The third kappa shape index (κ3) is 3.27. The van der Waals surface area contributed by atoms with Crippen molar-refractivity contribution in [3.8, 4) is 11.5 Å². The number of ether oxygens (including phenoxy) is 2. The van der Waals surface area contributed by atoms with E-state index in [4.69, 9.17) is 21.1 Å². The first-order valence-corrected chi connectivity index (χ1v) is 9.58. The van der Waals surface area contributed by atoms with Gasteiger partial charge in [0.05, 0.1) is 0 Å². The van der Waals surface area contributed by atoms with Gasteiger partial charge in [-0.3, -0.25) is 0 Å². The van der Waals surface area contributed by atoms with Crippen molar-refractivity contribution in [3.63, 3.8) is 0 Å². The van der Waals surface area contributed by atoms with Crippen LogP contribution in [0.3, 0.4) is 0 Å². The average Bonchev–Trinajstić information content (AvgIpc) is 3.02. The molecule has 4 rings (SSSR count). The highest BCUT2D eigenvalue weighted by Crippen LogP contribution is 2.39. The zero-order chi connectivity index (χ0) is 18.1. The summed E-state index contributed by atoms with van der Waals surface area (Å²) >= 11 is 7.92. The van der Waals surface area contributed by atoms with E-state index >= 15 is 0 Å². The maximum absolute atomic E-state index is 6.31. The molecule has 0 aliphatic carbocycles. The Hall–Kier alpha value is -2.18. The summed E-state index contributed by atoms with van der Waals surface area (Å²) in [5.41, 5.74) is 1.08. The number of aromatic nitrogens is 3. The largest absolute Gasteiger partial charge is 0.485 e. The second kappa shape index (κ2) is 7.21. The monoisotopic (exact) mass is 387 g/mol. The van der Waals surface area contributed by atoms with Crippen LogP contribution in [0.15, 0.2) is 53.7 Å². The van der Waals surface area contributed by atoms with E-state index in [1.54, 1.807) is 11.8 Å². The van der Waals surface area contributed by atoms with Gasteiger partial charge in [-0.05, 0) is 30.7 Å². The van der Waals surface area contributed by atoms with E-state index in [-0.39, 0.29) is 11.4 Å². The van der Waals surface area contributed by atoms with Crippen molar-refractivity contribution in [3.05, 3.63) is 64.9 Å². The summed E-state index contributed by atoms with van der Waals surface area (Å²) < 4.78 is 13.8. The van der Waals surface area contributed by atoms with E-state index < -0.39 is 0 Å². The molecule has 1 aliphatic rings. The van der Waals surface area contributed by atoms with Crippen molar-refractivity contribution in [2.75, 3.05) is 6.61 Å². The van der Waals surface area contributed by atoms with Gasteiger partial charge in [0.25, 0.3) is 0 Å². The third-order valence-electron chi connectivity index (χ3n) is 4.29. The Balaban J connectivity index is 1.53. The maximum Gasteiger partial charge on any atom is 0.192 e. The fourth-order valence-corrected chi connectivity index (χ4v) is 4.23. The Morgan fingerprint density at radius 1 is 1.12 bits per heavy atom. The molecule has 2 atom stereocenters. The van der Waals surface area contributed by atoms with Crippen LogP contribution < -0.4 is 9.47 Å². The molecular formula is C19H18ClN3O2S. The van der Waals surface area contributed by atoms with Crippen LogP contribution in [0.2, 0.25) is 5.02 Å². The molecule has 2 unspecified atom stereocenters. The number of para-hydroxylation sites is 2. The van der Waals surface area contributed by atoms with Gasteiger partial charge in [0, 0.05) is 17.3 Å². The first-order valence-electron chi connectivity index (χ1n) is 8.32. The molecule has 0 saturated carbocycles. The Morgan fingerprint density at radius 2 is 1.85 bits per heavy atom. The molecule has 0 amide bonds. The van der Waals surface area contributed by atoms with Crippen molar-refractivity contribution in [2.45, 2.75) is 23.4 Å². The van der Waals surface area contributed by atoms with Crippen molar-refractivity contribution in [1.29, 1.82) is 0 Å². The van der Waals surface area contributed by atoms with E-state index in [0.29, 0.717) is 6.61 Å².